The Balaban J connectivity index is 3.33. The van der Waals surface area contributed by atoms with Crippen molar-refractivity contribution in [3.63, 3.8) is 0 Å². The van der Waals surface area contributed by atoms with Crippen molar-refractivity contribution in [3.8, 4) is 0 Å². The van der Waals surface area contributed by atoms with Gasteiger partial charge in [-0.3, -0.25) is 0 Å². The summed E-state index contributed by atoms with van der Waals surface area (Å²) in [4.78, 5) is -0.373. The van der Waals surface area contributed by atoms with E-state index in [1.165, 1.54) is 6.07 Å². The molecule has 6 heteroatoms. The molecule has 0 aliphatic carbocycles. The summed E-state index contributed by atoms with van der Waals surface area (Å²) in [6.07, 6.45) is 0. The summed E-state index contributed by atoms with van der Waals surface area (Å²) in [5.74, 6) is 0. The minimum Gasteiger partial charge on any atom is -0.744 e. The highest BCUT2D eigenvalue weighted by Gasteiger charge is 2.03. The number of benzene rings is 1. The summed E-state index contributed by atoms with van der Waals surface area (Å²) in [5, 5.41) is 0.0620. The fourth-order valence-corrected chi connectivity index (χ4v) is 1.41. The first-order valence-electron chi connectivity index (χ1n) is 2.92. The maximum Gasteiger partial charge on any atom is 0.124 e. The number of halogens is 1. The Bertz CT molecular complexity index is 401. The molecule has 0 aromatic heterocycles. The third-order valence-electron chi connectivity index (χ3n) is 1.26. The van der Waals surface area contributed by atoms with Crippen molar-refractivity contribution in [2.45, 2.75) is 4.90 Å². The lowest BCUT2D eigenvalue weighted by atomic mass is 10.3. The van der Waals surface area contributed by atoms with Crippen molar-refractivity contribution in [1.29, 1.82) is 0 Å². The van der Waals surface area contributed by atoms with E-state index in [2.05, 4.69) is 0 Å². The van der Waals surface area contributed by atoms with Gasteiger partial charge in [-0.05, 0) is 18.2 Å². The highest BCUT2D eigenvalue weighted by atomic mass is 35.5. The molecule has 0 unspecified atom stereocenters. The standard InChI is InChI=1S/C6H6ClNO3S/c7-5-3-4(12(9,10)11)1-2-6(5)8/h1-3H,8H2,(H,9,10,11)/p-1. The van der Waals surface area contributed by atoms with Crippen LogP contribution in [0, 0.1) is 0 Å². The van der Waals surface area contributed by atoms with Crippen molar-refractivity contribution in [1.82, 2.24) is 0 Å². The van der Waals surface area contributed by atoms with Crippen LogP contribution < -0.4 is 5.73 Å². The zero-order valence-electron chi connectivity index (χ0n) is 5.82. The van der Waals surface area contributed by atoms with Gasteiger partial charge in [0.05, 0.1) is 15.6 Å². The quantitative estimate of drug-likeness (QED) is 0.545. The van der Waals surface area contributed by atoms with Crippen LogP contribution in [-0.4, -0.2) is 13.0 Å². The van der Waals surface area contributed by atoms with Crippen molar-refractivity contribution in [3.05, 3.63) is 23.2 Å². The molecule has 12 heavy (non-hydrogen) atoms. The summed E-state index contributed by atoms with van der Waals surface area (Å²) in [5.41, 5.74) is 5.54. The summed E-state index contributed by atoms with van der Waals surface area (Å²) in [6.45, 7) is 0. The van der Waals surface area contributed by atoms with E-state index >= 15 is 0 Å². The molecule has 0 atom stereocenters. The van der Waals surface area contributed by atoms with Gasteiger partial charge in [0, 0.05) is 0 Å². The maximum atomic E-state index is 10.4. The number of anilines is 1. The van der Waals surface area contributed by atoms with E-state index < -0.39 is 10.1 Å². The maximum absolute atomic E-state index is 10.4. The normalized spacial score (nSPS) is 11.5. The van der Waals surface area contributed by atoms with E-state index in [1.807, 2.05) is 0 Å². The van der Waals surface area contributed by atoms with Gasteiger partial charge in [0.25, 0.3) is 0 Å². The molecule has 0 amide bonds. The Morgan fingerprint density at radius 3 is 2.42 bits per heavy atom. The molecule has 0 saturated carbocycles. The summed E-state index contributed by atoms with van der Waals surface area (Å²) < 4.78 is 31.3. The molecule has 0 radical (unpaired) electrons. The van der Waals surface area contributed by atoms with Crippen LogP contribution in [0.1, 0.15) is 0 Å². The summed E-state index contributed by atoms with van der Waals surface area (Å²) in [7, 11) is -4.43. The van der Waals surface area contributed by atoms with E-state index in [9.17, 15) is 13.0 Å². The van der Waals surface area contributed by atoms with Crippen LogP contribution in [0.25, 0.3) is 0 Å². The SMILES string of the molecule is Nc1ccc(S(=O)(=O)[O-])cc1Cl. The Labute approximate surface area is 74.7 Å². The third kappa shape index (κ3) is 1.88. The summed E-state index contributed by atoms with van der Waals surface area (Å²) in [6, 6.07) is 3.41. The molecular formula is C6H5ClNO3S-. The van der Waals surface area contributed by atoms with Crippen LogP contribution in [0.5, 0.6) is 0 Å². The van der Waals surface area contributed by atoms with Gasteiger partial charge in [-0.2, -0.15) is 0 Å². The van der Waals surface area contributed by atoms with E-state index in [0.717, 1.165) is 12.1 Å². The molecule has 0 fully saturated rings. The Morgan fingerprint density at radius 2 is 2.00 bits per heavy atom. The average molecular weight is 207 g/mol. The first-order chi connectivity index (χ1) is 5.41. The number of hydrogen-bond donors (Lipinski definition) is 1. The first-order valence-corrected chi connectivity index (χ1v) is 4.71. The molecule has 0 heterocycles. The molecule has 0 aliphatic heterocycles. The predicted octanol–water partition coefficient (Wildman–Crippen LogP) is 0.826. The molecule has 1 aromatic rings. The van der Waals surface area contributed by atoms with Crippen LogP contribution in [0.15, 0.2) is 23.1 Å². The highest BCUT2D eigenvalue weighted by Crippen LogP contribution is 2.21. The minimum atomic E-state index is -4.43. The van der Waals surface area contributed by atoms with Crippen LogP contribution in [-0.2, 0) is 10.1 Å². The highest BCUT2D eigenvalue weighted by molar-refractivity contribution is 7.85. The lowest BCUT2D eigenvalue weighted by Crippen LogP contribution is -1.99. The molecule has 0 saturated heterocycles. The second kappa shape index (κ2) is 2.93. The number of nitrogens with two attached hydrogens (primary N) is 1. The molecular weight excluding hydrogens is 202 g/mol. The van der Waals surface area contributed by atoms with Crippen molar-refractivity contribution >= 4 is 27.4 Å². The third-order valence-corrected chi connectivity index (χ3v) is 2.42. The number of rotatable bonds is 1. The van der Waals surface area contributed by atoms with Gasteiger partial charge in [-0.1, -0.05) is 11.6 Å². The van der Waals surface area contributed by atoms with Gasteiger partial charge in [-0.15, -0.1) is 0 Å². The lowest BCUT2D eigenvalue weighted by Gasteiger charge is -2.07. The molecule has 1 aromatic carbocycles. The van der Waals surface area contributed by atoms with Gasteiger partial charge in [0.15, 0.2) is 0 Å². The number of hydrogen-bond acceptors (Lipinski definition) is 4. The van der Waals surface area contributed by atoms with Gasteiger partial charge < -0.3 is 10.3 Å². The second-order valence-corrected chi connectivity index (χ2v) is 3.92. The fourth-order valence-electron chi connectivity index (χ4n) is 0.663. The zero-order chi connectivity index (χ0) is 9.35. The van der Waals surface area contributed by atoms with Crippen molar-refractivity contribution in [2.24, 2.45) is 0 Å². The largest absolute Gasteiger partial charge is 0.744 e. The first kappa shape index (κ1) is 9.31. The Kier molecular flexibility index (Phi) is 2.27. The molecule has 66 valence electrons. The molecule has 2 N–H and O–H groups in total. The zero-order valence-corrected chi connectivity index (χ0v) is 7.39. The summed E-state index contributed by atoms with van der Waals surface area (Å²) >= 11 is 5.49. The van der Waals surface area contributed by atoms with Crippen molar-refractivity contribution < 1.29 is 13.0 Å². The fraction of sp³-hybridized carbons (Fsp3) is 0. The lowest BCUT2D eigenvalue weighted by molar-refractivity contribution is 0.463. The topological polar surface area (TPSA) is 83.2 Å². The molecule has 0 bridgehead atoms. The predicted molar refractivity (Wildman–Crippen MR) is 43.8 cm³/mol. The van der Waals surface area contributed by atoms with Gasteiger partial charge >= 0.3 is 0 Å². The van der Waals surface area contributed by atoms with Gasteiger partial charge in [-0.25, -0.2) is 8.42 Å². The molecule has 0 spiro atoms. The molecule has 1 rings (SSSR count). The monoisotopic (exact) mass is 206 g/mol. The minimum absolute atomic E-state index is 0.0620. The Hall–Kier alpha value is -0.780. The van der Waals surface area contributed by atoms with Gasteiger partial charge in [0.2, 0.25) is 0 Å². The van der Waals surface area contributed by atoms with E-state index in [4.69, 9.17) is 17.3 Å². The molecule has 4 nitrogen and oxygen atoms in total. The second-order valence-electron chi connectivity index (χ2n) is 2.14. The van der Waals surface area contributed by atoms with Gasteiger partial charge in [0.1, 0.15) is 10.1 Å². The van der Waals surface area contributed by atoms with Crippen LogP contribution in [0.4, 0.5) is 5.69 Å². The van der Waals surface area contributed by atoms with E-state index in [1.54, 1.807) is 0 Å². The Morgan fingerprint density at radius 1 is 1.42 bits per heavy atom. The van der Waals surface area contributed by atoms with Crippen molar-refractivity contribution in [2.75, 3.05) is 5.73 Å². The van der Waals surface area contributed by atoms with E-state index in [-0.39, 0.29) is 15.6 Å². The molecule has 0 aliphatic rings. The van der Waals surface area contributed by atoms with Crippen LogP contribution in [0.3, 0.4) is 0 Å². The van der Waals surface area contributed by atoms with Crippen LogP contribution in [0.2, 0.25) is 5.02 Å². The average Bonchev–Trinajstić information content (AvgIpc) is 1.92. The number of nitrogen functional groups attached to an aromatic ring is 1. The van der Waals surface area contributed by atoms with E-state index in [0.29, 0.717) is 0 Å². The smallest absolute Gasteiger partial charge is 0.124 e. The van der Waals surface area contributed by atoms with Crippen LogP contribution >= 0.6 is 11.6 Å².